The average molecular weight is 314 g/mol. The van der Waals surface area contributed by atoms with Crippen LogP contribution in [0.2, 0.25) is 0 Å². The van der Waals surface area contributed by atoms with E-state index in [-0.39, 0.29) is 0 Å². The second-order valence-electron chi connectivity index (χ2n) is 2.88. The molecule has 13 heteroatoms. The minimum absolute atomic E-state index is 2.25. The van der Waals surface area contributed by atoms with Crippen molar-refractivity contribution in [3.05, 3.63) is 0 Å². The minimum atomic E-state index is -6.51. The fourth-order valence-electron chi connectivity index (χ4n) is 0.700. The van der Waals surface area contributed by atoms with Gasteiger partial charge in [0.1, 0.15) is 6.61 Å². The highest BCUT2D eigenvalue weighted by molar-refractivity contribution is 4.86. The molecule has 0 bridgehead atoms. The van der Waals surface area contributed by atoms with Gasteiger partial charge in [-0.25, -0.2) is 0 Å². The molecule has 0 rings (SSSR count). The number of hydrogen-bond acceptors (Lipinski definition) is 3. The molecule has 0 aromatic heterocycles. The van der Waals surface area contributed by atoms with E-state index in [1.165, 1.54) is 0 Å². The van der Waals surface area contributed by atoms with Crippen LogP contribution in [-0.2, 0) is 14.4 Å². The molecule has 0 fully saturated rings. The van der Waals surface area contributed by atoms with Crippen molar-refractivity contribution < 1.29 is 58.5 Å². The quantitative estimate of drug-likeness (QED) is 0.556. The van der Waals surface area contributed by atoms with Gasteiger partial charge in [0.2, 0.25) is 0 Å². The summed E-state index contributed by atoms with van der Waals surface area (Å²) in [6.45, 7) is -5.14. The molecule has 0 saturated heterocycles. The van der Waals surface area contributed by atoms with E-state index in [0.29, 0.717) is 0 Å². The van der Waals surface area contributed by atoms with Crippen molar-refractivity contribution in [2.45, 2.75) is 24.3 Å². The number of hydrogen-bond donors (Lipinski definition) is 0. The van der Waals surface area contributed by atoms with Gasteiger partial charge in [-0.05, 0) is 4.53 Å². The van der Waals surface area contributed by atoms with E-state index < -0.39 is 37.7 Å². The molecule has 0 aliphatic heterocycles. The molecular weight excluding hydrogens is 310 g/mol. The Hall–Kier alpha value is -0.820. The topological polar surface area (TPSA) is 27.7 Å². The van der Waals surface area contributed by atoms with Gasteiger partial charge in [0, 0.05) is 0 Å². The Morgan fingerprint density at radius 2 is 1.21 bits per heavy atom. The zero-order chi connectivity index (χ0) is 15.5. The van der Waals surface area contributed by atoms with E-state index >= 15 is 0 Å². The predicted molar refractivity (Wildman–Crippen MR) is 35.0 cm³/mol. The Bertz CT molecular complexity index is 286. The molecule has 0 saturated carbocycles. The van der Waals surface area contributed by atoms with Crippen LogP contribution in [0.5, 0.6) is 0 Å². The second-order valence-corrected chi connectivity index (χ2v) is 2.88. The fourth-order valence-corrected chi connectivity index (χ4v) is 0.700. The first-order valence-electron chi connectivity index (χ1n) is 3.98. The first kappa shape index (κ1) is 18.2. The monoisotopic (exact) mass is 314 g/mol. The van der Waals surface area contributed by atoms with Gasteiger partial charge in [-0.3, -0.25) is 0 Å². The first-order chi connectivity index (χ1) is 8.27. The van der Waals surface area contributed by atoms with Gasteiger partial charge >= 0.3 is 24.3 Å². The summed E-state index contributed by atoms with van der Waals surface area (Å²) in [5.41, 5.74) is 0. The number of halogens is 10. The van der Waals surface area contributed by atoms with Crippen LogP contribution in [0.25, 0.3) is 0 Å². The Morgan fingerprint density at radius 1 is 0.737 bits per heavy atom. The van der Waals surface area contributed by atoms with Gasteiger partial charge in [0.25, 0.3) is 0 Å². The summed E-state index contributed by atoms with van der Waals surface area (Å²) in [6.07, 6.45) is -18.0. The van der Waals surface area contributed by atoms with Gasteiger partial charge in [-0.2, -0.15) is 44.5 Å². The van der Waals surface area contributed by atoms with Crippen LogP contribution in [0.4, 0.5) is 44.0 Å². The van der Waals surface area contributed by atoms with Gasteiger partial charge in [-0.15, -0.1) is 0 Å². The summed E-state index contributed by atoms with van der Waals surface area (Å²) >= 11 is 0. The largest absolute Gasteiger partial charge is 0.458 e. The lowest BCUT2D eigenvalue weighted by Crippen LogP contribution is -2.59. The highest BCUT2D eigenvalue weighted by Crippen LogP contribution is 2.47. The van der Waals surface area contributed by atoms with Crippen molar-refractivity contribution in [2.24, 2.45) is 0 Å². The normalized spacial score (nSPS) is 17.4. The third-order valence-electron chi connectivity index (χ3n) is 1.46. The Labute approximate surface area is 97.5 Å². The molecule has 19 heavy (non-hydrogen) atoms. The lowest BCUT2D eigenvalue weighted by Gasteiger charge is -2.33. The Kier molecular flexibility index (Phi) is 5.42. The third kappa shape index (κ3) is 4.65. The molecule has 0 aromatic carbocycles. The molecule has 0 amide bonds. The summed E-state index contributed by atoms with van der Waals surface area (Å²) in [6, 6.07) is 0. The van der Waals surface area contributed by atoms with E-state index in [1.54, 1.807) is 0 Å². The lowest BCUT2D eigenvalue weighted by atomic mass is 10.2. The molecular formula is C6H4F10O3. The zero-order valence-electron chi connectivity index (χ0n) is 8.42. The van der Waals surface area contributed by atoms with Crippen molar-refractivity contribution >= 4 is 0 Å². The van der Waals surface area contributed by atoms with Gasteiger partial charge in [-0.1, -0.05) is 0 Å². The summed E-state index contributed by atoms with van der Waals surface area (Å²) in [5, 5.41) is 0. The van der Waals surface area contributed by atoms with E-state index in [9.17, 15) is 44.0 Å². The summed E-state index contributed by atoms with van der Waals surface area (Å²) in [7, 11) is 0. The smallest absolute Gasteiger partial charge is 0.306 e. The first-order valence-corrected chi connectivity index (χ1v) is 3.98. The molecule has 0 aromatic rings. The van der Waals surface area contributed by atoms with Crippen molar-refractivity contribution in [3.63, 3.8) is 0 Å². The van der Waals surface area contributed by atoms with Crippen LogP contribution in [0.15, 0.2) is 0 Å². The van der Waals surface area contributed by atoms with Gasteiger partial charge < -0.3 is 9.47 Å². The maximum atomic E-state index is 13.0. The van der Waals surface area contributed by atoms with Gasteiger partial charge in [0.15, 0.2) is 6.79 Å². The Balaban J connectivity index is 5.13. The average Bonchev–Trinajstić information content (AvgIpc) is 2.20. The lowest BCUT2D eigenvalue weighted by molar-refractivity contribution is -0.478. The second kappa shape index (κ2) is 5.66. The molecule has 3 nitrogen and oxygen atoms in total. The van der Waals surface area contributed by atoms with Crippen molar-refractivity contribution in [1.29, 1.82) is 0 Å². The van der Waals surface area contributed by atoms with Crippen molar-refractivity contribution in [2.75, 3.05) is 13.4 Å². The van der Waals surface area contributed by atoms with E-state index in [1.807, 2.05) is 0 Å². The Morgan fingerprint density at radius 3 is 1.53 bits per heavy atom. The van der Waals surface area contributed by atoms with E-state index in [4.69, 9.17) is 0 Å². The number of ether oxygens (including phenoxy) is 2. The number of rotatable bonds is 6. The van der Waals surface area contributed by atoms with Crippen LogP contribution in [0.3, 0.4) is 0 Å². The molecule has 0 aliphatic rings. The van der Waals surface area contributed by atoms with Crippen LogP contribution in [0.1, 0.15) is 0 Å². The molecule has 0 radical (unpaired) electrons. The highest BCUT2D eigenvalue weighted by atomic mass is 19.4. The van der Waals surface area contributed by atoms with E-state index in [2.05, 4.69) is 14.4 Å². The van der Waals surface area contributed by atoms with Crippen molar-refractivity contribution in [1.82, 2.24) is 0 Å². The maximum Gasteiger partial charge on any atom is 0.458 e. The SMILES string of the molecule is FOCOC(F)(C(F)(F)F)C(F)(F)OCC(F)(F)F. The summed E-state index contributed by atoms with van der Waals surface area (Å²) in [5.74, 6) is -6.02. The number of alkyl halides is 9. The third-order valence-corrected chi connectivity index (χ3v) is 1.46. The zero-order valence-corrected chi connectivity index (χ0v) is 8.42. The molecule has 1 unspecified atom stereocenters. The molecule has 0 heterocycles. The molecule has 0 spiro atoms. The fraction of sp³-hybridized carbons (Fsp3) is 1.00. The minimum Gasteiger partial charge on any atom is -0.306 e. The van der Waals surface area contributed by atoms with Crippen LogP contribution >= 0.6 is 0 Å². The van der Waals surface area contributed by atoms with Crippen LogP contribution in [0, 0.1) is 0 Å². The maximum absolute atomic E-state index is 13.0. The predicted octanol–water partition coefficient (Wildman–Crippen LogP) is 3.26. The van der Waals surface area contributed by atoms with Gasteiger partial charge in [0.05, 0.1) is 0 Å². The van der Waals surface area contributed by atoms with Crippen LogP contribution < -0.4 is 0 Å². The summed E-state index contributed by atoms with van der Waals surface area (Å²) in [4.78, 5) is 2.30. The van der Waals surface area contributed by atoms with E-state index in [0.717, 1.165) is 0 Å². The van der Waals surface area contributed by atoms with Crippen molar-refractivity contribution in [3.8, 4) is 0 Å². The highest BCUT2D eigenvalue weighted by Gasteiger charge is 2.75. The molecule has 0 aliphatic carbocycles. The van der Waals surface area contributed by atoms with Crippen LogP contribution in [-0.4, -0.2) is 37.7 Å². The molecule has 0 N–H and O–H groups in total. The molecule has 1 atom stereocenters. The molecule has 116 valence electrons. The summed E-state index contributed by atoms with van der Waals surface area (Å²) < 4.78 is 125. The standard InChI is InChI=1S/C6H4F10O3/c7-3(8,9)1-17-6(14,15)4(10,5(11,12)13)18-2-19-16/h1-2H2.